The van der Waals surface area contributed by atoms with Crippen molar-refractivity contribution in [3.63, 3.8) is 0 Å². The van der Waals surface area contributed by atoms with E-state index in [0.29, 0.717) is 24.7 Å². The molecule has 0 aliphatic carbocycles. The van der Waals surface area contributed by atoms with E-state index in [1.807, 2.05) is 12.1 Å². The van der Waals surface area contributed by atoms with Gasteiger partial charge in [-0.15, -0.1) is 0 Å². The molecule has 1 rings (SSSR count). The Balaban J connectivity index is 1.87. The van der Waals surface area contributed by atoms with Crippen molar-refractivity contribution in [3.8, 4) is 5.75 Å². The molecule has 0 heterocycles. The lowest BCUT2D eigenvalue weighted by atomic mass is 9.79. The highest BCUT2D eigenvalue weighted by molar-refractivity contribution is 5.69. The van der Waals surface area contributed by atoms with Gasteiger partial charge < -0.3 is 9.84 Å². The van der Waals surface area contributed by atoms with Gasteiger partial charge >= 0.3 is 5.97 Å². The van der Waals surface area contributed by atoms with Crippen LogP contribution in [0.25, 0.3) is 0 Å². The molecule has 0 saturated carbocycles. The quantitative estimate of drug-likeness (QED) is 0.0931. The van der Waals surface area contributed by atoms with E-state index in [0.717, 1.165) is 38.5 Å². The van der Waals surface area contributed by atoms with Crippen molar-refractivity contribution in [2.24, 2.45) is 5.92 Å². The molecule has 39 heavy (non-hydrogen) atoms. The van der Waals surface area contributed by atoms with E-state index in [2.05, 4.69) is 27.7 Å². The monoisotopic (exact) mass is 544 g/mol. The van der Waals surface area contributed by atoms with Gasteiger partial charge in [0.1, 0.15) is 5.75 Å². The Morgan fingerprint density at radius 1 is 0.718 bits per heavy atom. The molecule has 0 saturated heterocycles. The van der Waals surface area contributed by atoms with E-state index in [1.54, 1.807) is 12.1 Å². The molecule has 1 unspecified atom stereocenters. The molecule has 0 aliphatic rings. The summed E-state index contributed by atoms with van der Waals surface area (Å²) in [5.74, 6) is 0.869. The average Bonchev–Trinajstić information content (AvgIpc) is 2.90. The van der Waals surface area contributed by atoms with Crippen LogP contribution >= 0.6 is 0 Å². The summed E-state index contributed by atoms with van der Waals surface area (Å²) in [6, 6.07) is 7.60. The molecule has 1 aromatic rings. The molecule has 0 spiro atoms. The number of esters is 1. The van der Waals surface area contributed by atoms with Crippen LogP contribution in [-0.2, 0) is 14.9 Å². The molecule has 1 N–H and O–H groups in total. The molecule has 0 fully saturated rings. The maximum Gasteiger partial charge on any atom is 0.305 e. The average molecular weight is 545 g/mol. The summed E-state index contributed by atoms with van der Waals surface area (Å²) in [4.78, 5) is 12.1. The maximum atomic E-state index is 12.1. The molecule has 1 atom stereocenters. The Morgan fingerprint density at radius 3 is 1.67 bits per heavy atom. The minimum Gasteiger partial charge on any atom is -0.508 e. The van der Waals surface area contributed by atoms with Crippen LogP contribution < -0.4 is 0 Å². The number of rotatable bonds is 26. The third-order valence-corrected chi connectivity index (χ3v) is 8.51. The van der Waals surface area contributed by atoms with Crippen LogP contribution in [0, 0.1) is 5.92 Å². The van der Waals surface area contributed by atoms with E-state index in [-0.39, 0.29) is 11.4 Å². The van der Waals surface area contributed by atoms with Crippen LogP contribution in [0.1, 0.15) is 175 Å². The number of carbonyl (C=O) groups is 1. The van der Waals surface area contributed by atoms with Crippen LogP contribution in [-0.4, -0.2) is 17.7 Å². The molecule has 226 valence electrons. The highest BCUT2D eigenvalue weighted by Crippen LogP contribution is 2.31. The van der Waals surface area contributed by atoms with Gasteiger partial charge in [0.2, 0.25) is 0 Å². The normalized spacial score (nSPS) is 12.5. The van der Waals surface area contributed by atoms with E-state index in [1.165, 1.54) is 102 Å². The van der Waals surface area contributed by atoms with Gasteiger partial charge in [0, 0.05) is 6.42 Å². The predicted molar refractivity (Wildman–Crippen MR) is 169 cm³/mol. The first-order valence-electron chi connectivity index (χ1n) is 16.8. The standard InChI is InChI=1S/C36H64O3/c1-5-6-7-8-9-10-11-12-13-14-15-16-17-18-19-20-21-24-35(38)39-31-29-32(2)23-22-30-36(3,4)33-25-27-34(37)28-26-33/h25-28,32,37H,5-24,29-31H2,1-4H3. The molecule has 3 heteroatoms. The van der Waals surface area contributed by atoms with Crippen LogP contribution in [0.2, 0.25) is 0 Å². The molecule has 0 radical (unpaired) electrons. The van der Waals surface area contributed by atoms with Crippen molar-refractivity contribution in [1.29, 1.82) is 0 Å². The zero-order chi connectivity index (χ0) is 28.6. The molecule has 0 amide bonds. The number of carbonyl (C=O) groups excluding carboxylic acids is 1. The zero-order valence-corrected chi connectivity index (χ0v) is 26.4. The fraction of sp³-hybridized carbons (Fsp3) is 0.806. The van der Waals surface area contributed by atoms with Crippen molar-refractivity contribution < 1.29 is 14.6 Å². The fourth-order valence-electron chi connectivity index (χ4n) is 5.53. The van der Waals surface area contributed by atoms with Gasteiger partial charge in [0.15, 0.2) is 0 Å². The van der Waals surface area contributed by atoms with Crippen LogP contribution in [0.5, 0.6) is 5.75 Å². The number of phenolic OH excluding ortho intramolecular Hbond substituents is 1. The lowest BCUT2D eigenvalue weighted by Crippen LogP contribution is -2.17. The lowest BCUT2D eigenvalue weighted by molar-refractivity contribution is -0.144. The lowest BCUT2D eigenvalue weighted by Gasteiger charge is -2.26. The number of phenols is 1. The summed E-state index contributed by atoms with van der Waals surface area (Å²) in [5, 5.41) is 9.51. The zero-order valence-electron chi connectivity index (χ0n) is 26.4. The van der Waals surface area contributed by atoms with Gasteiger partial charge in [-0.05, 0) is 48.3 Å². The van der Waals surface area contributed by atoms with Crippen molar-refractivity contribution in [1.82, 2.24) is 0 Å². The first-order valence-corrected chi connectivity index (χ1v) is 16.8. The van der Waals surface area contributed by atoms with Gasteiger partial charge in [-0.25, -0.2) is 0 Å². The summed E-state index contributed by atoms with van der Waals surface area (Å²) in [5.41, 5.74) is 1.37. The van der Waals surface area contributed by atoms with Gasteiger partial charge in [-0.3, -0.25) is 4.79 Å². The second kappa shape index (κ2) is 23.2. The number of hydrogen-bond acceptors (Lipinski definition) is 3. The summed E-state index contributed by atoms with van der Waals surface area (Å²) in [6.07, 6.45) is 28.0. The number of hydrogen-bond donors (Lipinski definition) is 1. The number of aromatic hydroxyl groups is 1. The Labute approximate surface area is 242 Å². The third kappa shape index (κ3) is 20.1. The Hall–Kier alpha value is -1.51. The van der Waals surface area contributed by atoms with Gasteiger partial charge in [0.25, 0.3) is 0 Å². The van der Waals surface area contributed by atoms with Crippen molar-refractivity contribution >= 4 is 5.97 Å². The summed E-state index contributed by atoms with van der Waals surface area (Å²) in [6.45, 7) is 9.64. The van der Waals surface area contributed by atoms with Crippen molar-refractivity contribution in [2.75, 3.05) is 6.61 Å². The molecule has 1 aromatic carbocycles. The highest BCUT2D eigenvalue weighted by atomic mass is 16.5. The first kappa shape index (κ1) is 35.5. The first-order chi connectivity index (χ1) is 18.8. The number of benzene rings is 1. The van der Waals surface area contributed by atoms with Crippen LogP contribution in [0.3, 0.4) is 0 Å². The molecule has 0 aliphatic heterocycles. The smallest absolute Gasteiger partial charge is 0.305 e. The van der Waals surface area contributed by atoms with E-state index >= 15 is 0 Å². The highest BCUT2D eigenvalue weighted by Gasteiger charge is 2.20. The molecular formula is C36H64O3. The number of unbranched alkanes of at least 4 members (excludes halogenated alkanes) is 16. The van der Waals surface area contributed by atoms with Gasteiger partial charge in [-0.1, -0.05) is 155 Å². The predicted octanol–water partition coefficient (Wildman–Crippen LogP) is 11.5. The third-order valence-electron chi connectivity index (χ3n) is 8.51. The Bertz CT molecular complexity index is 694. The SMILES string of the molecule is CCCCCCCCCCCCCCCCCCCC(=O)OCCC(C)CCCC(C)(C)c1ccc(O)cc1. The van der Waals surface area contributed by atoms with Crippen LogP contribution in [0.15, 0.2) is 24.3 Å². The Morgan fingerprint density at radius 2 is 1.18 bits per heavy atom. The molecule has 0 aromatic heterocycles. The van der Waals surface area contributed by atoms with Gasteiger partial charge in [-0.2, -0.15) is 0 Å². The summed E-state index contributed by atoms with van der Waals surface area (Å²) in [7, 11) is 0. The van der Waals surface area contributed by atoms with Gasteiger partial charge in [0.05, 0.1) is 6.61 Å². The minimum atomic E-state index is -0.0170. The maximum absolute atomic E-state index is 12.1. The second-order valence-electron chi connectivity index (χ2n) is 12.8. The molecule has 0 bridgehead atoms. The van der Waals surface area contributed by atoms with E-state index in [4.69, 9.17) is 4.74 Å². The largest absolute Gasteiger partial charge is 0.508 e. The summed E-state index contributed by atoms with van der Waals surface area (Å²) < 4.78 is 5.51. The molecule has 3 nitrogen and oxygen atoms in total. The minimum absolute atomic E-state index is 0.0170. The van der Waals surface area contributed by atoms with Crippen molar-refractivity contribution in [2.45, 2.75) is 174 Å². The second-order valence-corrected chi connectivity index (χ2v) is 12.8. The van der Waals surface area contributed by atoms with E-state index in [9.17, 15) is 9.90 Å². The number of ether oxygens (including phenoxy) is 1. The topological polar surface area (TPSA) is 46.5 Å². The summed E-state index contributed by atoms with van der Waals surface area (Å²) >= 11 is 0. The fourth-order valence-corrected chi connectivity index (χ4v) is 5.53. The van der Waals surface area contributed by atoms with Crippen molar-refractivity contribution in [3.05, 3.63) is 29.8 Å². The molecular weight excluding hydrogens is 480 g/mol. The van der Waals surface area contributed by atoms with E-state index < -0.39 is 0 Å². The Kier molecular flexibility index (Phi) is 21.1. The van der Waals surface area contributed by atoms with Crippen LogP contribution in [0.4, 0.5) is 0 Å².